The van der Waals surface area contributed by atoms with E-state index in [0.717, 1.165) is 24.2 Å². The number of nitrogens with zero attached hydrogens (tertiary/aromatic N) is 2. The van der Waals surface area contributed by atoms with E-state index in [4.69, 9.17) is 4.74 Å². The topological polar surface area (TPSA) is 64.1 Å². The molecule has 5 nitrogen and oxygen atoms in total. The number of amides is 1. The number of hydrogen-bond donors (Lipinski definition) is 1. The molecule has 1 aliphatic carbocycles. The van der Waals surface area contributed by atoms with E-state index >= 15 is 0 Å². The summed E-state index contributed by atoms with van der Waals surface area (Å²) in [4.78, 5) is 17.2. The zero-order valence-electron chi connectivity index (χ0n) is 17.5. The first-order chi connectivity index (χ1) is 14.6. The van der Waals surface area contributed by atoms with E-state index in [-0.39, 0.29) is 11.9 Å². The molecular formula is C24H27N3O2S. The first kappa shape index (κ1) is 20.5. The lowest BCUT2D eigenvalue weighted by atomic mass is 9.95. The maximum Gasteiger partial charge on any atom is 0.298 e. The molecule has 1 aromatic heterocycles. The van der Waals surface area contributed by atoms with E-state index in [1.54, 1.807) is 6.07 Å². The third kappa shape index (κ3) is 5.25. The van der Waals surface area contributed by atoms with Crippen LogP contribution < -0.4 is 10.1 Å². The SMILES string of the molecule is Cc1ccc(Cc2nsc(Oc3cc(C(=O)NC4CCCCC4)ccc3C)n2)cc1. The third-order valence-electron chi connectivity index (χ3n) is 5.52. The molecule has 3 aromatic rings. The summed E-state index contributed by atoms with van der Waals surface area (Å²) in [6, 6.07) is 14.2. The van der Waals surface area contributed by atoms with Crippen molar-refractivity contribution in [2.24, 2.45) is 0 Å². The highest BCUT2D eigenvalue weighted by molar-refractivity contribution is 7.07. The summed E-state index contributed by atoms with van der Waals surface area (Å²) in [7, 11) is 0. The lowest BCUT2D eigenvalue weighted by molar-refractivity contribution is 0.0927. The molecule has 0 unspecified atom stereocenters. The first-order valence-corrected chi connectivity index (χ1v) is 11.3. The summed E-state index contributed by atoms with van der Waals surface area (Å²) in [5, 5.41) is 3.65. The number of aromatic nitrogens is 2. The zero-order valence-corrected chi connectivity index (χ0v) is 18.3. The van der Waals surface area contributed by atoms with Crippen molar-refractivity contribution in [3.8, 4) is 10.9 Å². The van der Waals surface area contributed by atoms with E-state index in [0.29, 0.717) is 22.9 Å². The molecule has 1 heterocycles. The van der Waals surface area contributed by atoms with Crippen molar-refractivity contribution in [1.82, 2.24) is 14.7 Å². The Morgan fingerprint density at radius 3 is 2.63 bits per heavy atom. The average molecular weight is 422 g/mol. The fraction of sp³-hybridized carbons (Fsp3) is 0.375. The van der Waals surface area contributed by atoms with E-state index < -0.39 is 0 Å². The monoisotopic (exact) mass is 421 g/mol. The molecule has 6 heteroatoms. The van der Waals surface area contributed by atoms with Crippen molar-refractivity contribution in [3.63, 3.8) is 0 Å². The lowest BCUT2D eigenvalue weighted by Crippen LogP contribution is -2.36. The Balaban J connectivity index is 1.42. The molecule has 4 rings (SSSR count). The average Bonchev–Trinajstić information content (AvgIpc) is 3.19. The Morgan fingerprint density at radius 1 is 1.10 bits per heavy atom. The molecule has 1 fully saturated rings. The van der Waals surface area contributed by atoms with E-state index in [2.05, 4.69) is 45.9 Å². The molecule has 30 heavy (non-hydrogen) atoms. The molecule has 1 N–H and O–H groups in total. The van der Waals surface area contributed by atoms with Crippen LogP contribution in [0.15, 0.2) is 42.5 Å². The minimum Gasteiger partial charge on any atom is -0.430 e. The number of benzene rings is 2. The van der Waals surface area contributed by atoms with Crippen molar-refractivity contribution in [3.05, 3.63) is 70.5 Å². The predicted molar refractivity (Wildman–Crippen MR) is 119 cm³/mol. The Kier molecular flexibility index (Phi) is 6.43. The quantitative estimate of drug-likeness (QED) is 0.563. The molecule has 0 aliphatic heterocycles. The maximum absolute atomic E-state index is 12.7. The van der Waals surface area contributed by atoms with Crippen molar-refractivity contribution in [2.45, 2.75) is 58.4 Å². The largest absolute Gasteiger partial charge is 0.430 e. The summed E-state index contributed by atoms with van der Waals surface area (Å²) < 4.78 is 10.4. The van der Waals surface area contributed by atoms with Crippen LogP contribution in [0.1, 0.15) is 65.0 Å². The lowest BCUT2D eigenvalue weighted by Gasteiger charge is -2.22. The first-order valence-electron chi connectivity index (χ1n) is 10.5. The third-order valence-corrected chi connectivity index (χ3v) is 6.15. The summed E-state index contributed by atoms with van der Waals surface area (Å²) in [5.74, 6) is 1.34. The Bertz CT molecular complexity index is 1010. The molecule has 0 spiro atoms. The Morgan fingerprint density at radius 2 is 1.87 bits per heavy atom. The molecule has 0 saturated heterocycles. The van der Waals surface area contributed by atoms with Gasteiger partial charge < -0.3 is 10.1 Å². The smallest absolute Gasteiger partial charge is 0.298 e. The maximum atomic E-state index is 12.7. The summed E-state index contributed by atoms with van der Waals surface area (Å²) in [5.41, 5.74) is 3.98. The summed E-state index contributed by atoms with van der Waals surface area (Å²) >= 11 is 1.23. The van der Waals surface area contributed by atoms with E-state index in [1.165, 1.54) is 41.9 Å². The number of aryl methyl sites for hydroxylation is 2. The van der Waals surface area contributed by atoms with Crippen molar-refractivity contribution in [1.29, 1.82) is 0 Å². The van der Waals surface area contributed by atoms with Crippen molar-refractivity contribution >= 4 is 17.4 Å². The van der Waals surface area contributed by atoms with Gasteiger partial charge >= 0.3 is 0 Å². The molecule has 0 bridgehead atoms. The minimum atomic E-state index is -0.0379. The van der Waals surface area contributed by atoms with Gasteiger partial charge in [-0.25, -0.2) is 0 Å². The van der Waals surface area contributed by atoms with Crippen molar-refractivity contribution < 1.29 is 9.53 Å². The highest BCUT2D eigenvalue weighted by Gasteiger charge is 2.18. The molecule has 0 radical (unpaired) electrons. The van der Waals surface area contributed by atoms with Gasteiger partial charge in [0.25, 0.3) is 11.1 Å². The van der Waals surface area contributed by atoms with Gasteiger partial charge in [-0.2, -0.15) is 9.36 Å². The summed E-state index contributed by atoms with van der Waals surface area (Å²) in [6.07, 6.45) is 6.45. The van der Waals surface area contributed by atoms with Gasteiger partial charge in [-0.3, -0.25) is 4.79 Å². The molecule has 156 valence electrons. The highest BCUT2D eigenvalue weighted by Crippen LogP contribution is 2.28. The number of hydrogen-bond acceptors (Lipinski definition) is 5. The zero-order chi connectivity index (χ0) is 20.9. The molecule has 2 aromatic carbocycles. The van der Waals surface area contributed by atoms with Crippen LogP contribution in [0.4, 0.5) is 0 Å². The van der Waals surface area contributed by atoms with Gasteiger partial charge in [-0.05, 0) is 49.9 Å². The van der Waals surface area contributed by atoms with Crippen LogP contribution in [-0.2, 0) is 6.42 Å². The number of nitrogens with one attached hydrogen (secondary N) is 1. The fourth-order valence-electron chi connectivity index (χ4n) is 3.70. The number of carbonyl (C=O) groups is 1. The second kappa shape index (κ2) is 9.39. The van der Waals surface area contributed by atoms with Crippen LogP contribution in [0, 0.1) is 13.8 Å². The number of ether oxygens (including phenoxy) is 1. The standard InChI is InChI=1S/C24H27N3O2S/c1-16-8-11-18(12-9-16)14-22-26-24(30-27-22)29-21-15-19(13-10-17(21)2)23(28)25-20-6-4-3-5-7-20/h8-13,15,20H,3-7,14H2,1-2H3,(H,25,28). The van der Waals surface area contributed by atoms with Gasteiger partial charge in [0, 0.05) is 29.6 Å². The van der Waals surface area contributed by atoms with Crippen LogP contribution in [0.5, 0.6) is 10.9 Å². The van der Waals surface area contributed by atoms with Gasteiger partial charge in [0.05, 0.1) is 0 Å². The van der Waals surface area contributed by atoms with Crippen LogP contribution in [0.3, 0.4) is 0 Å². The second-order valence-corrected chi connectivity index (χ2v) is 8.74. The van der Waals surface area contributed by atoms with Gasteiger partial charge in [-0.1, -0.05) is 55.2 Å². The summed E-state index contributed by atoms with van der Waals surface area (Å²) in [6.45, 7) is 4.04. The fourth-order valence-corrected chi connectivity index (χ4v) is 4.26. The molecule has 1 saturated carbocycles. The van der Waals surface area contributed by atoms with Crippen LogP contribution in [0.25, 0.3) is 0 Å². The highest BCUT2D eigenvalue weighted by atomic mass is 32.1. The minimum absolute atomic E-state index is 0.0379. The second-order valence-electron chi connectivity index (χ2n) is 8.03. The number of carbonyl (C=O) groups excluding carboxylic acids is 1. The van der Waals surface area contributed by atoms with Crippen LogP contribution >= 0.6 is 11.5 Å². The van der Waals surface area contributed by atoms with Gasteiger partial charge in [-0.15, -0.1) is 0 Å². The van der Waals surface area contributed by atoms with Gasteiger partial charge in [0.1, 0.15) is 5.75 Å². The predicted octanol–water partition coefficient (Wildman–Crippen LogP) is 5.60. The van der Waals surface area contributed by atoms with Crippen molar-refractivity contribution in [2.75, 3.05) is 0 Å². The van der Waals surface area contributed by atoms with E-state index in [9.17, 15) is 4.79 Å². The normalized spacial score (nSPS) is 14.5. The number of rotatable bonds is 6. The molecule has 1 aliphatic rings. The molecule has 1 amide bonds. The Labute approximate surface area is 181 Å². The van der Waals surface area contributed by atoms with Gasteiger partial charge in [0.15, 0.2) is 5.82 Å². The molecular weight excluding hydrogens is 394 g/mol. The van der Waals surface area contributed by atoms with Crippen LogP contribution in [-0.4, -0.2) is 21.3 Å². The molecule has 0 atom stereocenters. The Hall–Kier alpha value is -2.73. The van der Waals surface area contributed by atoms with Crippen LogP contribution in [0.2, 0.25) is 0 Å². The van der Waals surface area contributed by atoms with E-state index in [1.807, 2.05) is 19.1 Å². The van der Waals surface area contributed by atoms with Gasteiger partial charge in [0.2, 0.25) is 0 Å².